The molecule has 4 heteroatoms. The fourth-order valence-corrected chi connectivity index (χ4v) is 3.59. The van der Waals surface area contributed by atoms with E-state index in [1.807, 2.05) is 74.5 Å². The van der Waals surface area contributed by atoms with E-state index < -0.39 is 5.97 Å². The number of carbonyl (C=O) groups is 2. The first-order chi connectivity index (χ1) is 15.9. The van der Waals surface area contributed by atoms with Crippen LogP contribution in [0.1, 0.15) is 126 Å². The van der Waals surface area contributed by atoms with Gasteiger partial charge in [0.2, 0.25) is 0 Å². The number of phenols is 1. The topological polar surface area (TPSA) is 63.6 Å². The van der Waals surface area contributed by atoms with Crippen molar-refractivity contribution >= 4 is 17.8 Å². The number of phenolic OH excluding ortho intramolecular Hbond substituents is 1. The molecule has 1 N–H and O–H groups in total. The first-order valence-corrected chi connectivity index (χ1v) is 12.3. The van der Waals surface area contributed by atoms with E-state index in [1.165, 1.54) is 13.3 Å². The Kier molecular flexibility index (Phi) is 10.1. The summed E-state index contributed by atoms with van der Waals surface area (Å²) >= 11 is 0. The van der Waals surface area contributed by atoms with Gasteiger partial charge in [0.05, 0.1) is 5.56 Å². The van der Waals surface area contributed by atoms with Crippen LogP contribution in [0.2, 0.25) is 0 Å². The van der Waals surface area contributed by atoms with Gasteiger partial charge in [0.25, 0.3) is 0 Å². The van der Waals surface area contributed by atoms with E-state index in [0.717, 1.165) is 16.7 Å². The number of rotatable bonds is 4. The molecule has 2 aromatic rings. The van der Waals surface area contributed by atoms with Crippen LogP contribution in [0.15, 0.2) is 29.8 Å². The third-order valence-electron chi connectivity index (χ3n) is 5.31. The zero-order valence-electron chi connectivity index (χ0n) is 23.8. The molecule has 35 heavy (non-hydrogen) atoms. The predicted octanol–water partition coefficient (Wildman–Crippen LogP) is 8.56. The molecule has 0 atom stereocenters. The number of benzene rings is 2. The van der Waals surface area contributed by atoms with Crippen LogP contribution in [0.5, 0.6) is 11.5 Å². The molecule has 0 aliphatic rings. The Bertz CT molecular complexity index is 1100. The Labute approximate surface area is 212 Å². The molecule has 0 saturated heterocycles. The van der Waals surface area contributed by atoms with Gasteiger partial charge in [0.15, 0.2) is 5.78 Å². The number of ketones is 1. The molecule has 2 aromatic carbocycles. The molecular formula is C31H44O4. The van der Waals surface area contributed by atoms with Crippen molar-refractivity contribution in [3.63, 3.8) is 0 Å². The van der Waals surface area contributed by atoms with Crippen LogP contribution < -0.4 is 4.74 Å². The number of hydrogen-bond acceptors (Lipinski definition) is 4. The fourth-order valence-electron chi connectivity index (χ4n) is 3.59. The quantitative estimate of drug-likeness (QED) is 0.270. The maximum absolute atomic E-state index is 13.3. The Hall–Kier alpha value is -2.88. The second-order valence-electron chi connectivity index (χ2n) is 11.5. The van der Waals surface area contributed by atoms with Crippen molar-refractivity contribution in [2.75, 3.05) is 0 Å². The minimum Gasteiger partial charge on any atom is -0.507 e. The Morgan fingerprint density at radius 1 is 0.857 bits per heavy atom. The minimum atomic E-state index is -0.497. The highest BCUT2D eigenvalue weighted by molar-refractivity contribution is 5.96. The summed E-state index contributed by atoms with van der Waals surface area (Å²) in [5.74, 6) is 0.119. The summed E-state index contributed by atoms with van der Waals surface area (Å²) in [7, 11) is 0. The van der Waals surface area contributed by atoms with E-state index in [-0.39, 0.29) is 22.4 Å². The van der Waals surface area contributed by atoms with Gasteiger partial charge in [-0.05, 0) is 68.4 Å². The lowest BCUT2D eigenvalue weighted by molar-refractivity contribution is 0.0730. The summed E-state index contributed by atoms with van der Waals surface area (Å²) in [6, 6.07) is 6.93. The molecule has 4 nitrogen and oxygen atoms in total. The zero-order chi connectivity index (χ0) is 27.3. The molecule has 0 heterocycles. The normalized spacial score (nSPS) is 11.3. The molecule has 0 radical (unpaired) electrons. The van der Waals surface area contributed by atoms with Crippen molar-refractivity contribution in [1.82, 2.24) is 0 Å². The highest BCUT2D eigenvalue weighted by atomic mass is 16.5. The summed E-state index contributed by atoms with van der Waals surface area (Å²) in [4.78, 5) is 25.3. The van der Waals surface area contributed by atoms with E-state index in [2.05, 4.69) is 13.8 Å². The van der Waals surface area contributed by atoms with Crippen LogP contribution in [-0.2, 0) is 10.8 Å². The van der Waals surface area contributed by atoms with Crippen molar-refractivity contribution in [1.29, 1.82) is 0 Å². The fraction of sp³-hybridized carbons (Fsp3) is 0.484. The van der Waals surface area contributed by atoms with Crippen LogP contribution in [0, 0.1) is 6.92 Å². The first-order valence-electron chi connectivity index (χ1n) is 12.3. The molecule has 0 aliphatic carbocycles. The highest BCUT2D eigenvalue weighted by Crippen LogP contribution is 2.38. The lowest BCUT2D eigenvalue weighted by Gasteiger charge is -2.25. The minimum absolute atomic E-state index is 0.0313. The number of hydrogen-bond donors (Lipinski definition) is 1. The third-order valence-corrected chi connectivity index (χ3v) is 5.31. The molecule has 0 aliphatic heterocycles. The maximum Gasteiger partial charge on any atom is 0.343 e. The number of aryl methyl sites for hydroxylation is 1. The maximum atomic E-state index is 13.3. The molecule has 0 amide bonds. The van der Waals surface area contributed by atoms with Gasteiger partial charge in [0.1, 0.15) is 11.5 Å². The largest absolute Gasteiger partial charge is 0.507 e. The van der Waals surface area contributed by atoms with E-state index in [0.29, 0.717) is 28.0 Å². The summed E-state index contributed by atoms with van der Waals surface area (Å²) < 4.78 is 5.94. The van der Waals surface area contributed by atoms with Gasteiger partial charge >= 0.3 is 5.97 Å². The van der Waals surface area contributed by atoms with Crippen molar-refractivity contribution in [3.05, 3.63) is 63.2 Å². The molecule has 0 unspecified atom stereocenters. The standard InChI is InChI=1S/C28H36O4.C3H8/c1-16(2)11-20-13-21(15-22(24(20)30)27(5,6)7)26(31)32-25-17(3)12-19(18(4)29)14-23(25)28(8,9)10;1-3-2/h11-15,30H,1-10H3;3H2,1-2H3. The van der Waals surface area contributed by atoms with Gasteiger partial charge in [0, 0.05) is 22.3 Å². The van der Waals surface area contributed by atoms with E-state index in [4.69, 9.17) is 4.74 Å². The number of esters is 1. The number of carbonyl (C=O) groups excluding carboxylic acids is 2. The number of ether oxygens (including phenoxy) is 1. The second kappa shape index (κ2) is 11.7. The average molecular weight is 481 g/mol. The average Bonchev–Trinajstić information content (AvgIpc) is 2.69. The molecule has 0 fully saturated rings. The SMILES string of the molecule is CC(=O)c1cc(C)c(OC(=O)c2cc(C=C(C)C)c(O)c(C(C)(C)C)c2)c(C(C)(C)C)c1.CCC. The van der Waals surface area contributed by atoms with Crippen LogP contribution >= 0.6 is 0 Å². The van der Waals surface area contributed by atoms with Gasteiger partial charge in [-0.1, -0.05) is 73.5 Å². The molecule has 0 saturated carbocycles. The highest BCUT2D eigenvalue weighted by Gasteiger charge is 2.27. The summed E-state index contributed by atoms with van der Waals surface area (Å²) in [5.41, 5.74) is 4.09. The number of Topliss-reactive ketones (excluding diaryl/α,β-unsaturated/α-hetero) is 1. The zero-order valence-corrected chi connectivity index (χ0v) is 23.8. The van der Waals surface area contributed by atoms with Crippen molar-refractivity contribution in [2.45, 2.75) is 100 Å². The third kappa shape index (κ3) is 8.09. The van der Waals surface area contributed by atoms with E-state index in [9.17, 15) is 14.7 Å². The van der Waals surface area contributed by atoms with Gasteiger partial charge in [-0.25, -0.2) is 4.79 Å². The molecular weight excluding hydrogens is 436 g/mol. The molecule has 0 spiro atoms. The van der Waals surface area contributed by atoms with Crippen LogP contribution in [0.3, 0.4) is 0 Å². The number of aromatic hydroxyl groups is 1. The second-order valence-corrected chi connectivity index (χ2v) is 11.5. The molecule has 0 bridgehead atoms. The van der Waals surface area contributed by atoms with E-state index in [1.54, 1.807) is 18.2 Å². The Morgan fingerprint density at radius 3 is 1.77 bits per heavy atom. The van der Waals surface area contributed by atoms with Gasteiger partial charge in [-0.15, -0.1) is 0 Å². The molecule has 0 aromatic heterocycles. The van der Waals surface area contributed by atoms with Crippen molar-refractivity contribution in [3.8, 4) is 11.5 Å². The monoisotopic (exact) mass is 480 g/mol. The van der Waals surface area contributed by atoms with Gasteiger partial charge in [-0.3, -0.25) is 4.79 Å². The number of allylic oxidation sites excluding steroid dienone is 1. The van der Waals surface area contributed by atoms with Crippen LogP contribution in [0.4, 0.5) is 0 Å². The summed E-state index contributed by atoms with van der Waals surface area (Å²) in [6.07, 6.45) is 3.11. The first kappa shape index (κ1) is 30.2. The van der Waals surface area contributed by atoms with Crippen molar-refractivity contribution in [2.24, 2.45) is 0 Å². The van der Waals surface area contributed by atoms with Crippen molar-refractivity contribution < 1.29 is 19.4 Å². The lowest BCUT2D eigenvalue weighted by Crippen LogP contribution is -2.19. The summed E-state index contributed by atoms with van der Waals surface area (Å²) in [6.45, 7) is 23.5. The predicted molar refractivity (Wildman–Crippen MR) is 147 cm³/mol. The summed E-state index contributed by atoms with van der Waals surface area (Å²) in [5, 5.41) is 10.8. The smallest absolute Gasteiger partial charge is 0.343 e. The Balaban J connectivity index is 0.00000194. The van der Waals surface area contributed by atoms with Gasteiger partial charge in [-0.2, -0.15) is 0 Å². The van der Waals surface area contributed by atoms with Crippen LogP contribution in [0.25, 0.3) is 6.08 Å². The lowest BCUT2D eigenvalue weighted by atomic mass is 9.83. The van der Waals surface area contributed by atoms with Crippen LogP contribution in [-0.4, -0.2) is 16.9 Å². The van der Waals surface area contributed by atoms with E-state index >= 15 is 0 Å². The van der Waals surface area contributed by atoms with Gasteiger partial charge < -0.3 is 9.84 Å². The molecule has 2 rings (SSSR count). The Morgan fingerprint density at radius 2 is 1.34 bits per heavy atom. The molecule has 192 valence electrons.